The molecule has 4 heteroatoms. The summed E-state index contributed by atoms with van der Waals surface area (Å²) in [6.45, 7) is 0. The summed E-state index contributed by atoms with van der Waals surface area (Å²) in [4.78, 5) is 0. The Bertz CT molecular complexity index is 398. The van der Waals surface area contributed by atoms with E-state index in [0.717, 1.165) is 12.3 Å². The van der Waals surface area contributed by atoms with E-state index in [1.165, 1.54) is 36.8 Å². The van der Waals surface area contributed by atoms with Crippen molar-refractivity contribution in [3.63, 3.8) is 0 Å². The van der Waals surface area contributed by atoms with Crippen molar-refractivity contribution < 1.29 is 0 Å². The van der Waals surface area contributed by atoms with Gasteiger partial charge in [-0.15, -0.1) is 10.2 Å². The van der Waals surface area contributed by atoms with Crippen LogP contribution in [0.15, 0.2) is 0 Å². The largest absolute Gasteiger partial charge is 0.155 e. The van der Waals surface area contributed by atoms with Crippen molar-refractivity contribution in [1.82, 2.24) is 10.2 Å². The van der Waals surface area contributed by atoms with Crippen LogP contribution in [0.1, 0.15) is 42.7 Å². The molecule has 1 saturated carbocycles. The number of halogens is 2. The number of hydrogen-bond acceptors (Lipinski definition) is 2. The molecule has 3 aliphatic rings. The van der Waals surface area contributed by atoms with Crippen LogP contribution in [0.25, 0.3) is 0 Å². The second-order valence-corrected chi connectivity index (χ2v) is 5.31. The molecule has 15 heavy (non-hydrogen) atoms. The Labute approximate surface area is 99.0 Å². The van der Waals surface area contributed by atoms with E-state index in [9.17, 15) is 0 Å². The highest BCUT2D eigenvalue weighted by atomic mass is 35.5. The van der Waals surface area contributed by atoms with E-state index in [1.54, 1.807) is 0 Å². The fraction of sp³-hybridized carbons (Fsp3) is 0.636. The minimum absolute atomic E-state index is 0.563. The zero-order chi connectivity index (χ0) is 10.4. The fourth-order valence-electron chi connectivity index (χ4n) is 2.99. The van der Waals surface area contributed by atoms with Crippen LogP contribution < -0.4 is 0 Å². The van der Waals surface area contributed by atoms with E-state index >= 15 is 0 Å². The average molecular weight is 243 g/mol. The summed E-state index contributed by atoms with van der Waals surface area (Å²) in [6.07, 6.45) is 6.11. The Morgan fingerprint density at radius 2 is 1.60 bits per heavy atom. The van der Waals surface area contributed by atoms with Gasteiger partial charge in [0.15, 0.2) is 10.3 Å². The predicted octanol–water partition coefficient (Wildman–Crippen LogP) is 3.61. The predicted molar refractivity (Wildman–Crippen MR) is 60.5 cm³/mol. The molecule has 3 aliphatic carbocycles. The van der Waals surface area contributed by atoms with Gasteiger partial charge in [-0.1, -0.05) is 23.2 Å². The van der Waals surface area contributed by atoms with Crippen molar-refractivity contribution in [2.75, 3.05) is 0 Å². The Balaban J connectivity index is 2.20. The summed E-state index contributed by atoms with van der Waals surface area (Å²) < 4.78 is 0. The van der Waals surface area contributed by atoms with Crippen LogP contribution in [-0.2, 0) is 6.42 Å². The summed E-state index contributed by atoms with van der Waals surface area (Å²) in [5.74, 6) is 1.35. The molecule has 0 N–H and O–H groups in total. The van der Waals surface area contributed by atoms with Crippen LogP contribution in [0.2, 0.25) is 10.3 Å². The van der Waals surface area contributed by atoms with E-state index in [4.69, 9.17) is 23.2 Å². The lowest BCUT2D eigenvalue weighted by molar-refractivity contribution is 0.344. The Morgan fingerprint density at radius 3 is 2.33 bits per heavy atom. The molecule has 4 rings (SSSR count). The van der Waals surface area contributed by atoms with Crippen molar-refractivity contribution in [2.45, 2.75) is 38.0 Å². The molecule has 1 aromatic rings. The lowest BCUT2D eigenvalue weighted by Gasteiger charge is -2.23. The monoisotopic (exact) mass is 242 g/mol. The van der Waals surface area contributed by atoms with E-state index in [2.05, 4.69) is 10.2 Å². The van der Waals surface area contributed by atoms with Gasteiger partial charge in [0.1, 0.15) is 0 Å². The first kappa shape index (κ1) is 9.86. The van der Waals surface area contributed by atoms with Crippen LogP contribution >= 0.6 is 23.2 Å². The third kappa shape index (κ3) is 1.55. The van der Waals surface area contributed by atoms with Gasteiger partial charge in [-0.25, -0.2) is 0 Å². The van der Waals surface area contributed by atoms with Crippen molar-refractivity contribution in [3.05, 3.63) is 21.4 Å². The molecule has 1 aromatic heterocycles. The van der Waals surface area contributed by atoms with Gasteiger partial charge in [0.25, 0.3) is 0 Å². The minimum Gasteiger partial charge on any atom is -0.137 e. The third-order valence-electron chi connectivity index (χ3n) is 3.77. The van der Waals surface area contributed by atoms with Crippen LogP contribution in [0, 0.1) is 5.92 Å². The molecular weight excluding hydrogens is 231 g/mol. The first-order valence-electron chi connectivity index (χ1n) is 5.46. The van der Waals surface area contributed by atoms with Gasteiger partial charge in [0.2, 0.25) is 0 Å². The van der Waals surface area contributed by atoms with Gasteiger partial charge >= 0.3 is 0 Å². The van der Waals surface area contributed by atoms with Crippen molar-refractivity contribution in [2.24, 2.45) is 5.92 Å². The lowest BCUT2D eigenvalue weighted by Crippen LogP contribution is -2.09. The maximum atomic E-state index is 6.15. The molecule has 0 radical (unpaired) electrons. The number of fused-ring (bicyclic) bond motifs is 2. The van der Waals surface area contributed by atoms with E-state index in [0.29, 0.717) is 16.2 Å². The maximum Gasteiger partial charge on any atom is 0.155 e. The number of rotatable bonds is 0. The minimum atomic E-state index is 0.563. The normalized spacial score (nSPS) is 28.7. The van der Waals surface area contributed by atoms with Crippen LogP contribution in [-0.4, -0.2) is 10.2 Å². The standard InChI is InChI=1S/C11H12Cl2N2/c12-10-8-5-6-1-3-7(4-2-6)9(8)11(13)15-14-10/h6-7H,1-5H2. The van der Waals surface area contributed by atoms with Crippen LogP contribution in [0.4, 0.5) is 0 Å². The second-order valence-electron chi connectivity index (χ2n) is 4.60. The molecule has 0 atom stereocenters. The molecule has 1 heterocycles. The highest BCUT2D eigenvalue weighted by Gasteiger charge is 2.32. The highest BCUT2D eigenvalue weighted by Crippen LogP contribution is 2.46. The highest BCUT2D eigenvalue weighted by molar-refractivity contribution is 6.32. The zero-order valence-corrected chi connectivity index (χ0v) is 9.85. The fourth-order valence-corrected chi connectivity index (χ4v) is 3.51. The van der Waals surface area contributed by atoms with Gasteiger partial charge in [-0.05, 0) is 49.5 Å². The molecule has 0 amide bonds. The Morgan fingerprint density at radius 1 is 0.933 bits per heavy atom. The van der Waals surface area contributed by atoms with E-state index in [1.807, 2.05) is 0 Å². The smallest absolute Gasteiger partial charge is 0.137 e. The first-order valence-corrected chi connectivity index (χ1v) is 6.21. The van der Waals surface area contributed by atoms with Gasteiger partial charge in [0.05, 0.1) is 0 Å². The molecule has 80 valence electrons. The molecule has 2 nitrogen and oxygen atoms in total. The number of hydrogen-bond donors (Lipinski definition) is 0. The SMILES string of the molecule is Clc1nnc(Cl)c2c1CC1CCC2CC1. The summed E-state index contributed by atoms with van der Waals surface area (Å²) in [6, 6.07) is 0. The van der Waals surface area contributed by atoms with Crippen LogP contribution in [0.5, 0.6) is 0 Å². The summed E-state index contributed by atoms with van der Waals surface area (Å²) in [7, 11) is 0. The van der Waals surface area contributed by atoms with Crippen molar-refractivity contribution >= 4 is 23.2 Å². The summed E-state index contributed by atoms with van der Waals surface area (Å²) in [5, 5.41) is 8.98. The quantitative estimate of drug-likeness (QED) is 0.695. The number of aromatic nitrogens is 2. The second kappa shape index (κ2) is 3.60. The summed E-state index contributed by atoms with van der Waals surface area (Å²) >= 11 is 12.3. The van der Waals surface area contributed by atoms with Crippen molar-refractivity contribution in [1.29, 1.82) is 0 Å². The molecule has 0 aliphatic heterocycles. The average Bonchev–Trinajstić information content (AvgIpc) is 2.54. The van der Waals surface area contributed by atoms with Crippen LogP contribution in [0.3, 0.4) is 0 Å². The van der Waals surface area contributed by atoms with Gasteiger partial charge in [0, 0.05) is 5.56 Å². The molecule has 0 spiro atoms. The topological polar surface area (TPSA) is 25.8 Å². The van der Waals surface area contributed by atoms with Gasteiger partial charge < -0.3 is 0 Å². The first-order chi connectivity index (χ1) is 7.25. The van der Waals surface area contributed by atoms with Crippen molar-refractivity contribution in [3.8, 4) is 0 Å². The van der Waals surface area contributed by atoms with E-state index in [-0.39, 0.29) is 0 Å². The summed E-state index contributed by atoms with van der Waals surface area (Å²) in [5.41, 5.74) is 2.36. The van der Waals surface area contributed by atoms with Gasteiger partial charge in [-0.2, -0.15) is 0 Å². The third-order valence-corrected chi connectivity index (χ3v) is 4.35. The Kier molecular flexibility index (Phi) is 2.37. The molecule has 2 bridgehead atoms. The molecular formula is C11H12Cl2N2. The lowest BCUT2D eigenvalue weighted by atomic mass is 9.83. The Hall–Kier alpha value is -0.340. The number of nitrogens with zero attached hydrogens (tertiary/aromatic N) is 2. The molecule has 1 fully saturated rings. The maximum absolute atomic E-state index is 6.15. The molecule has 0 saturated heterocycles. The zero-order valence-electron chi connectivity index (χ0n) is 8.34. The van der Waals surface area contributed by atoms with E-state index < -0.39 is 0 Å². The molecule has 0 aromatic carbocycles. The molecule has 0 unspecified atom stereocenters. The van der Waals surface area contributed by atoms with Gasteiger partial charge in [-0.3, -0.25) is 0 Å².